The largest absolute Gasteiger partial charge is 0.290 e. The highest BCUT2D eigenvalue weighted by Gasteiger charge is 2.34. The first-order valence-corrected chi connectivity index (χ1v) is 15.3. The van der Waals surface area contributed by atoms with E-state index < -0.39 is 10.0 Å². The standard InChI is InChI=1S/C28H30N4O3S3/c1-19(2)32-27(33)25(37-28(32)36)16-22-18-31(23-11-5-4-6-12-23)29-26(22)21-10-7-13-24(15-21)38(34,35)30-14-8-9-20(3)17-30/h4-7,10-13,15-16,18-20H,8-9,14,17H2,1-3H3/b25-16-. The molecule has 2 saturated heterocycles. The van der Waals surface area contributed by atoms with Gasteiger partial charge in [0.05, 0.1) is 15.5 Å². The zero-order valence-corrected chi connectivity index (χ0v) is 24.0. The number of thioether (sulfide) groups is 1. The monoisotopic (exact) mass is 566 g/mol. The van der Waals surface area contributed by atoms with Gasteiger partial charge in [-0.1, -0.05) is 61.2 Å². The molecule has 10 heteroatoms. The van der Waals surface area contributed by atoms with E-state index in [0.29, 0.717) is 45.1 Å². The Kier molecular flexibility index (Phi) is 7.59. The molecule has 2 aliphatic heterocycles. The van der Waals surface area contributed by atoms with Crippen LogP contribution in [0.1, 0.15) is 39.2 Å². The third-order valence-electron chi connectivity index (χ3n) is 6.75. The minimum Gasteiger partial charge on any atom is -0.290 e. The van der Waals surface area contributed by atoms with Crippen LogP contribution >= 0.6 is 24.0 Å². The van der Waals surface area contributed by atoms with E-state index in [9.17, 15) is 13.2 Å². The lowest BCUT2D eigenvalue weighted by Gasteiger charge is -2.30. The Morgan fingerprint density at radius 2 is 1.89 bits per heavy atom. The molecule has 0 saturated carbocycles. The molecule has 1 atom stereocenters. The smallest absolute Gasteiger partial charge is 0.266 e. The Hall–Kier alpha value is -2.79. The van der Waals surface area contributed by atoms with Crippen LogP contribution in [0.3, 0.4) is 0 Å². The number of hydrogen-bond donors (Lipinski definition) is 0. The maximum absolute atomic E-state index is 13.5. The molecule has 7 nitrogen and oxygen atoms in total. The lowest BCUT2D eigenvalue weighted by molar-refractivity contribution is -0.123. The third-order valence-corrected chi connectivity index (χ3v) is 9.95. The van der Waals surface area contributed by atoms with Crippen LogP contribution in [0.25, 0.3) is 23.0 Å². The van der Waals surface area contributed by atoms with Crippen molar-refractivity contribution in [3.63, 3.8) is 0 Å². The topological polar surface area (TPSA) is 75.5 Å². The fourth-order valence-electron chi connectivity index (χ4n) is 4.81. The zero-order valence-electron chi connectivity index (χ0n) is 21.6. The summed E-state index contributed by atoms with van der Waals surface area (Å²) >= 11 is 6.73. The van der Waals surface area contributed by atoms with Crippen molar-refractivity contribution >= 4 is 50.3 Å². The second-order valence-corrected chi connectivity index (χ2v) is 13.6. The number of aromatic nitrogens is 2. The highest BCUT2D eigenvalue weighted by atomic mass is 32.2. The van der Waals surface area contributed by atoms with E-state index in [1.165, 1.54) is 11.8 Å². The van der Waals surface area contributed by atoms with Gasteiger partial charge >= 0.3 is 0 Å². The SMILES string of the molecule is CC1CCCN(S(=O)(=O)c2cccc(-c3nn(-c4ccccc4)cc3/C=C3\SC(=S)N(C(C)C)C3=O)c2)C1. The summed E-state index contributed by atoms with van der Waals surface area (Å²) in [6.45, 7) is 7.01. The van der Waals surface area contributed by atoms with E-state index >= 15 is 0 Å². The van der Waals surface area contributed by atoms with Crippen molar-refractivity contribution in [2.75, 3.05) is 13.1 Å². The predicted molar refractivity (Wildman–Crippen MR) is 156 cm³/mol. The second kappa shape index (κ2) is 10.8. The number of piperidine rings is 1. The molecule has 0 spiro atoms. The van der Waals surface area contributed by atoms with Gasteiger partial charge in [-0.2, -0.15) is 9.40 Å². The van der Waals surface area contributed by atoms with E-state index in [1.807, 2.05) is 56.4 Å². The summed E-state index contributed by atoms with van der Waals surface area (Å²) in [5.74, 6) is 0.198. The normalized spacial score (nSPS) is 20.2. The van der Waals surface area contributed by atoms with Crippen molar-refractivity contribution in [2.24, 2.45) is 5.92 Å². The molecular weight excluding hydrogens is 537 g/mol. The van der Waals surface area contributed by atoms with Gasteiger partial charge in [0, 0.05) is 36.5 Å². The highest BCUT2D eigenvalue weighted by molar-refractivity contribution is 8.26. The Morgan fingerprint density at radius 3 is 2.58 bits per heavy atom. The van der Waals surface area contributed by atoms with E-state index in [0.717, 1.165) is 18.5 Å². The number of para-hydroxylation sites is 1. The summed E-state index contributed by atoms with van der Waals surface area (Å²) in [6.07, 6.45) is 5.56. The van der Waals surface area contributed by atoms with Crippen molar-refractivity contribution in [1.82, 2.24) is 19.0 Å². The number of nitrogens with zero attached hydrogens (tertiary/aromatic N) is 4. The summed E-state index contributed by atoms with van der Waals surface area (Å²) in [5.41, 5.74) is 2.82. The number of benzene rings is 2. The third kappa shape index (κ3) is 5.22. The number of carbonyl (C=O) groups is 1. The van der Waals surface area contributed by atoms with Gasteiger partial charge in [0.15, 0.2) is 0 Å². The summed E-state index contributed by atoms with van der Waals surface area (Å²) in [4.78, 5) is 15.5. The van der Waals surface area contributed by atoms with Gasteiger partial charge in [-0.25, -0.2) is 13.1 Å². The summed E-state index contributed by atoms with van der Waals surface area (Å²) in [5, 5.41) is 4.84. The van der Waals surface area contributed by atoms with E-state index in [4.69, 9.17) is 17.3 Å². The molecule has 3 aromatic rings. The average Bonchev–Trinajstić information content (AvgIpc) is 3.45. The van der Waals surface area contributed by atoms with Gasteiger partial charge < -0.3 is 0 Å². The summed E-state index contributed by atoms with van der Waals surface area (Å²) in [7, 11) is -3.64. The quantitative estimate of drug-likeness (QED) is 0.287. The Morgan fingerprint density at radius 1 is 1.13 bits per heavy atom. The zero-order chi connectivity index (χ0) is 27.0. The van der Waals surface area contributed by atoms with Crippen molar-refractivity contribution in [2.45, 2.75) is 44.6 Å². The molecule has 1 amide bonds. The minimum atomic E-state index is -3.64. The molecule has 0 aliphatic carbocycles. The number of carbonyl (C=O) groups excluding carboxylic acids is 1. The molecule has 0 bridgehead atoms. The van der Waals surface area contributed by atoms with Gasteiger partial charge in [0.25, 0.3) is 5.91 Å². The van der Waals surface area contributed by atoms with Gasteiger partial charge in [0.2, 0.25) is 10.0 Å². The van der Waals surface area contributed by atoms with Crippen LogP contribution in [0.2, 0.25) is 0 Å². The summed E-state index contributed by atoms with van der Waals surface area (Å²) < 4.78 is 30.9. The Bertz CT molecular complexity index is 1510. The lowest BCUT2D eigenvalue weighted by Crippen LogP contribution is -2.39. The lowest BCUT2D eigenvalue weighted by atomic mass is 10.0. The number of thiocarbonyl (C=S) groups is 1. The van der Waals surface area contributed by atoms with Crippen molar-refractivity contribution in [3.8, 4) is 16.9 Å². The van der Waals surface area contributed by atoms with Crippen LogP contribution in [0, 0.1) is 5.92 Å². The first kappa shape index (κ1) is 26.8. The van der Waals surface area contributed by atoms with Crippen LogP contribution in [0.15, 0.2) is 70.6 Å². The molecule has 5 rings (SSSR count). The molecule has 2 aliphatic rings. The van der Waals surface area contributed by atoms with Crippen LogP contribution in [0.4, 0.5) is 0 Å². The second-order valence-electron chi connectivity index (χ2n) is 10.00. The Balaban J connectivity index is 1.59. The number of rotatable bonds is 6. The minimum absolute atomic E-state index is 0.0423. The highest BCUT2D eigenvalue weighted by Crippen LogP contribution is 2.36. The average molecular weight is 567 g/mol. The maximum atomic E-state index is 13.5. The van der Waals surface area contributed by atoms with E-state index in [-0.39, 0.29) is 16.8 Å². The molecule has 0 radical (unpaired) electrons. The first-order valence-electron chi connectivity index (χ1n) is 12.7. The Labute approximate surface area is 233 Å². The van der Waals surface area contributed by atoms with Gasteiger partial charge in [-0.15, -0.1) is 0 Å². The maximum Gasteiger partial charge on any atom is 0.266 e. The van der Waals surface area contributed by atoms with Crippen LogP contribution in [0.5, 0.6) is 0 Å². The molecular formula is C28H30N4O3S3. The molecule has 38 heavy (non-hydrogen) atoms. The van der Waals surface area contributed by atoms with E-state index in [2.05, 4.69) is 6.92 Å². The van der Waals surface area contributed by atoms with Crippen LogP contribution < -0.4 is 0 Å². The molecule has 0 N–H and O–H groups in total. The number of hydrogen-bond acceptors (Lipinski definition) is 6. The molecule has 2 fully saturated rings. The molecule has 2 aromatic carbocycles. The number of sulfonamides is 1. The first-order chi connectivity index (χ1) is 18.1. The fraction of sp³-hybridized carbons (Fsp3) is 0.321. The van der Waals surface area contributed by atoms with Gasteiger partial charge in [0.1, 0.15) is 10.0 Å². The fourth-order valence-corrected chi connectivity index (χ4v) is 7.97. The van der Waals surface area contributed by atoms with Crippen molar-refractivity contribution in [1.29, 1.82) is 0 Å². The van der Waals surface area contributed by atoms with E-state index in [1.54, 1.807) is 38.2 Å². The number of amides is 1. The molecule has 3 heterocycles. The van der Waals surface area contributed by atoms with Gasteiger partial charge in [-0.3, -0.25) is 9.69 Å². The summed E-state index contributed by atoms with van der Waals surface area (Å²) in [6, 6.07) is 16.6. The van der Waals surface area contributed by atoms with Crippen molar-refractivity contribution < 1.29 is 13.2 Å². The van der Waals surface area contributed by atoms with Crippen LogP contribution in [-0.2, 0) is 14.8 Å². The molecule has 1 unspecified atom stereocenters. The molecule has 1 aromatic heterocycles. The molecule has 198 valence electrons. The predicted octanol–water partition coefficient (Wildman–Crippen LogP) is 5.57. The van der Waals surface area contributed by atoms with Crippen molar-refractivity contribution in [3.05, 3.63) is 71.3 Å². The van der Waals surface area contributed by atoms with Gasteiger partial charge in [-0.05, 0) is 62.9 Å². The van der Waals surface area contributed by atoms with Crippen LogP contribution in [-0.4, -0.2) is 56.8 Å².